The maximum Gasteiger partial charge on any atom is 0.272 e. The third kappa shape index (κ3) is 5.02. The van der Waals surface area contributed by atoms with Crippen molar-refractivity contribution >= 4 is 17.5 Å². The van der Waals surface area contributed by atoms with Crippen molar-refractivity contribution in [1.82, 2.24) is 9.80 Å². The lowest BCUT2D eigenvalue weighted by molar-refractivity contribution is -0.385. The molecular weight excluding hydrogens is 398 g/mol. The number of benzene rings is 2. The Morgan fingerprint density at radius 1 is 1.19 bits per heavy atom. The third-order valence-electron chi connectivity index (χ3n) is 5.59. The average molecular weight is 425 g/mol. The number of hydrogen-bond acceptors (Lipinski definition) is 5. The van der Waals surface area contributed by atoms with Crippen LogP contribution in [0.2, 0.25) is 0 Å². The van der Waals surface area contributed by atoms with Crippen LogP contribution in [-0.4, -0.2) is 59.3 Å². The maximum absolute atomic E-state index is 13.0. The third-order valence-corrected chi connectivity index (χ3v) is 5.59. The molecule has 1 atom stereocenters. The zero-order valence-corrected chi connectivity index (χ0v) is 18.0. The highest BCUT2D eigenvalue weighted by Gasteiger charge is 2.36. The number of rotatable bonds is 7. The molecule has 8 heteroatoms. The first kappa shape index (κ1) is 22.3. The van der Waals surface area contributed by atoms with Crippen LogP contribution in [0, 0.1) is 24.0 Å². The van der Waals surface area contributed by atoms with Gasteiger partial charge in [-0.1, -0.05) is 18.2 Å². The summed E-state index contributed by atoms with van der Waals surface area (Å²) in [6.45, 7) is 4.81. The van der Waals surface area contributed by atoms with Gasteiger partial charge < -0.3 is 14.5 Å². The molecule has 1 saturated heterocycles. The van der Waals surface area contributed by atoms with Crippen LogP contribution in [0.5, 0.6) is 5.75 Å². The van der Waals surface area contributed by atoms with Crippen molar-refractivity contribution in [3.8, 4) is 5.75 Å². The number of para-hydroxylation sites is 1. The van der Waals surface area contributed by atoms with E-state index in [1.165, 1.54) is 18.2 Å². The van der Waals surface area contributed by atoms with E-state index in [9.17, 15) is 19.7 Å². The van der Waals surface area contributed by atoms with Crippen molar-refractivity contribution in [3.63, 3.8) is 0 Å². The van der Waals surface area contributed by atoms with Crippen molar-refractivity contribution in [2.45, 2.75) is 32.7 Å². The average Bonchev–Trinajstić information content (AvgIpc) is 3.23. The molecule has 1 heterocycles. The number of hydrogen-bond donors (Lipinski definition) is 0. The lowest BCUT2D eigenvalue weighted by Crippen LogP contribution is -2.47. The van der Waals surface area contributed by atoms with Crippen LogP contribution in [0.15, 0.2) is 42.5 Å². The number of carbonyl (C=O) groups is 2. The van der Waals surface area contributed by atoms with Crippen molar-refractivity contribution in [2.75, 3.05) is 26.7 Å². The van der Waals surface area contributed by atoms with Crippen LogP contribution >= 0.6 is 0 Å². The monoisotopic (exact) mass is 425 g/mol. The molecule has 1 unspecified atom stereocenters. The van der Waals surface area contributed by atoms with E-state index in [0.29, 0.717) is 37.2 Å². The highest BCUT2D eigenvalue weighted by molar-refractivity contribution is 5.98. The van der Waals surface area contributed by atoms with Gasteiger partial charge in [0.1, 0.15) is 18.4 Å². The van der Waals surface area contributed by atoms with Crippen LogP contribution in [0.3, 0.4) is 0 Å². The molecule has 1 aliphatic rings. The van der Waals surface area contributed by atoms with Gasteiger partial charge in [-0.2, -0.15) is 0 Å². The summed E-state index contributed by atoms with van der Waals surface area (Å²) in [4.78, 5) is 39.7. The zero-order chi connectivity index (χ0) is 22.5. The molecule has 2 aromatic rings. The normalized spacial score (nSPS) is 15.6. The van der Waals surface area contributed by atoms with Gasteiger partial charge in [-0.05, 0) is 50.5 Å². The lowest BCUT2D eigenvalue weighted by Gasteiger charge is -2.28. The van der Waals surface area contributed by atoms with Crippen molar-refractivity contribution in [2.24, 2.45) is 0 Å². The van der Waals surface area contributed by atoms with Crippen LogP contribution in [0.25, 0.3) is 0 Å². The molecule has 0 N–H and O–H groups in total. The molecule has 1 aliphatic heterocycles. The van der Waals surface area contributed by atoms with Crippen molar-refractivity contribution < 1.29 is 19.2 Å². The van der Waals surface area contributed by atoms with E-state index >= 15 is 0 Å². The van der Waals surface area contributed by atoms with E-state index in [-0.39, 0.29) is 17.5 Å². The summed E-state index contributed by atoms with van der Waals surface area (Å²) in [5.41, 5.74) is 1.78. The van der Waals surface area contributed by atoms with E-state index in [0.717, 1.165) is 17.7 Å². The molecule has 164 valence electrons. The topological polar surface area (TPSA) is 93.0 Å². The molecule has 0 saturated carbocycles. The number of likely N-dealkylation sites (tertiary alicyclic amines) is 1. The van der Waals surface area contributed by atoms with Gasteiger partial charge in [0.05, 0.1) is 11.5 Å². The van der Waals surface area contributed by atoms with Crippen LogP contribution in [0.4, 0.5) is 5.69 Å². The molecule has 0 aromatic heterocycles. The standard InChI is InChI=1S/C23H27N3O5/c1-16-7-4-5-9-21(16)31-14-13-24(3)23(28)20-8-6-12-25(20)22(27)18-10-11-19(26(29)30)17(2)15-18/h4-5,7,9-11,15,20H,6,8,12-14H2,1-3H3. The lowest BCUT2D eigenvalue weighted by atomic mass is 10.1. The quantitative estimate of drug-likeness (QED) is 0.501. The number of amides is 2. The first-order chi connectivity index (χ1) is 14.8. The Morgan fingerprint density at radius 3 is 2.61 bits per heavy atom. The minimum Gasteiger partial charge on any atom is -0.491 e. The molecule has 2 aromatic carbocycles. The van der Waals surface area contributed by atoms with Gasteiger partial charge in [-0.25, -0.2) is 0 Å². The van der Waals surface area contributed by atoms with Crippen molar-refractivity contribution in [1.29, 1.82) is 0 Å². The molecule has 0 spiro atoms. The second kappa shape index (κ2) is 9.59. The largest absolute Gasteiger partial charge is 0.491 e. The van der Waals surface area contributed by atoms with E-state index in [4.69, 9.17) is 4.74 Å². The Bertz CT molecular complexity index is 991. The highest BCUT2D eigenvalue weighted by atomic mass is 16.6. The molecule has 0 radical (unpaired) electrons. The molecule has 0 aliphatic carbocycles. The molecule has 31 heavy (non-hydrogen) atoms. The summed E-state index contributed by atoms with van der Waals surface area (Å²) in [7, 11) is 1.71. The number of carbonyl (C=O) groups excluding carboxylic acids is 2. The summed E-state index contributed by atoms with van der Waals surface area (Å²) in [6, 6.07) is 11.5. The fraction of sp³-hybridized carbons (Fsp3) is 0.391. The van der Waals surface area contributed by atoms with Gasteiger partial charge in [0.15, 0.2) is 0 Å². The van der Waals surface area contributed by atoms with E-state index in [1.54, 1.807) is 23.8 Å². The molecular formula is C23H27N3O5. The Labute approximate surface area is 181 Å². The fourth-order valence-electron chi connectivity index (χ4n) is 3.80. The SMILES string of the molecule is Cc1ccccc1OCCN(C)C(=O)C1CCCN1C(=O)c1ccc([N+](=O)[O-])c(C)c1. The molecule has 1 fully saturated rings. The Hall–Kier alpha value is -3.42. The fourth-order valence-corrected chi connectivity index (χ4v) is 3.80. The van der Waals surface area contributed by atoms with Crippen LogP contribution in [0.1, 0.15) is 34.3 Å². The summed E-state index contributed by atoms with van der Waals surface area (Å²) in [6.07, 6.45) is 1.33. The first-order valence-electron chi connectivity index (χ1n) is 10.3. The predicted octanol–water partition coefficient (Wildman–Crippen LogP) is 3.35. The maximum atomic E-state index is 13.0. The Morgan fingerprint density at radius 2 is 1.94 bits per heavy atom. The van der Waals surface area contributed by atoms with E-state index in [2.05, 4.69) is 0 Å². The Balaban J connectivity index is 1.62. The first-order valence-corrected chi connectivity index (χ1v) is 10.3. The number of likely N-dealkylation sites (N-methyl/N-ethyl adjacent to an activating group) is 1. The molecule has 0 bridgehead atoms. The van der Waals surface area contributed by atoms with Gasteiger partial charge >= 0.3 is 0 Å². The summed E-state index contributed by atoms with van der Waals surface area (Å²) < 4.78 is 5.78. The summed E-state index contributed by atoms with van der Waals surface area (Å²) >= 11 is 0. The second-order valence-electron chi connectivity index (χ2n) is 7.79. The summed E-state index contributed by atoms with van der Waals surface area (Å²) in [5, 5.41) is 11.0. The van der Waals surface area contributed by atoms with Gasteiger partial charge in [-0.15, -0.1) is 0 Å². The minimum atomic E-state index is -0.536. The van der Waals surface area contributed by atoms with Gasteiger partial charge in [0, 0.05) is 30.8 Å². The molecule has 8 nitrogen and oxygen atoms in total. The zero-order valence-electron chi connectivity index (χ0n) is 18.0. The smallest absolute Gasteiger partial charge is 0.272 e. The van der Waals surface area contributed by atoms with Crippen LogP contribution in [-0.2, 0) is 4.79 Å². The number of nitro groups is 1. The van der Waals surface area contributed by atoms with Crippen LogP contribution < -0.4 is 4.74 Å². The number of aryl methyl sites for hydroxylation is 2. The highest BCUT2D eigenvalue weighted by Crippen LogP contribution is 2.25. The Kier molecular flexibility index (Phi) is 6.89. The summed E-state index contributed by atoms with van der Waals surface area (Å²) in [5.74, 6) is 0.380. The van der Waals surface area contributed by atoms with E-state index < -0.39 is 11.0 Å². The number of ether oxygens (including phenoxy) is 1. The second-order valence-corrected chi connectivity index (χ2v) is 7.79. The van der Waals surface area contributed by atoms with Gasteiger partial charge in [-0.3, -0.25) is 19.7 Å². The number of nitro benzene ring substituents is 1. The minimum absolute atomic E-state index is 0.0287. The van der Waals surface area contributed by atoms with Gasteiger partial charge in [0.25, 0.3) is 11.6 Å². The van der Waals surface area contributed by atoms with E-state index in [1.807, 2.05) is 31.2 Å². The molecule has 3 rings (SSSR count). The van der Waals surface area contributed by atoms with Crippen molar-refractivity contribution in [3.05, 3.63) is 69.3 Å². The molecule has 2 amide bonds. The van der Waals surface area contributed by atoms with Gasteiger partial charge in [0.2, 0.25) is 5.91 Å². The predicted molar refractivity (Wildman–Crippen MR) is 116 cm³/mol. The number of nitrogens with zero attached hydrogens (tertiary/aromatic N) is 3.